The number of aromatic nitrogens is 1. The SMILES string of the molecule is CSCCC(NC(=O)C(Cc1c[nH]c2ccccc12)NC(=O)C(N)CO)C(=O)NC(CCCCN)C(=O)O. The molecule has 2 aromatic rings. The molecule has 1 aromatic heterocycles. The van der Waals surface area contributed by atoms with E-state index in [-0.39, 0.29) is 19.3 Å². The Morgan fingerprint density at radius 1 is 0.974 bits per heavy atom. The Labute approximate surface area is 225 Å². The number of nitrogens with one attached hydrogen (secondary N) is 4. The highest BCUT2D eigenvalue weighted by molar-refractivity contribution is 7.98. The van der Waals surface area contributed by atoms with Gasteiger partial charge in [0.2, 0.25) is 17.7 Å². The van der Waals surface area contributed by atoms with E-state index in [1.54, 1.807) is 6.20 Å². The van der Waals surface area contributed by atoms with Crippen LogP contribution < -0.4 is 27.4 Å². The fourth-order valence-electron chi connectivity index (χ4n) is 3.89. The molecule has 3 amide bonds. The number of para-hydroxylation sites is 1. The maximum atomic E-state index is 13.4. The maximum Gasteiger partial charge on any atom is 0.326 e. The molecule has 0 fully saturated rings. The van der Waals surface area contributed by atoms with Gasteiger partial charge in [0, 0.05) is 23.5 Å². The molecule has 1 aromatic carbocycles. The van der Waals surface area contributed by atoms with E-state index in [4.69, 9.17) is 11.5 Å². The Morgan fingerprint density at radius 2 is 1.63 bits per heavy atom. The monoisotopic (exact) mass is 550 g/mol. The van der Waals surface area contributed by atoms with Gasteiger partial charge in [-0.15, -0.1) is 0 Å². The van der Waals surface area contributed by atoms with E-state index in [0.29, 0.717) is 25.1 Å². The highest BCUT2D eigenvalue weighted by Gasteiger charge is 2.30. The van der Waals surface area contributed by atoms with E-state index >= 15 is 0 Å². The van der Waals surface area contributed by atoms with Crippen molar-refractivity contribution in [2.24, 2.45) is 11.5 Å². The molecule has 4 atom stereocenters. The van der Waals surface area contributed by atoms with Crippen LogP contribution in [0.3, 0.4) is 0 Å². The van der Waals surface area contributed by atoms with Crippen molar-refractivity contribution in [3.8, 4) is 0 Å². The number of carbonyl (C=O) groups is 4. The van der Waals surface area contributed by atoms with Gasteiger partial charge in [-0.25, -0.2) is 4.79 Å². The lowest BCUT2D eigenvalue weighted by Gasteiger charge is -2.25. The fourth-order valence-corrected chi connectivity index (χ4v) is 4.36. The number of rotatable bonds is 17. The van der Waals surface area contributed by atoms with E-state index in [9.17, 15) is 29.4 Å². The van der Waals surface area contributed by atoms with Crippen LogP contribution in [0.15, 0.2) is 30.5 Å². The van der Waals surface area contributed by atoms with Gasteiger partial charge in [-0.05, 0) is 55.9 Å². The molecule has 0 radical (unpaired) electrons. The van der Waals surface area contributed by atoms with Gasteiger partial charge in [0.15, 0.2) is 0 Å². The number of aliphatic hydroxyl groups is 1. The number of carboxylic acids is 1. The van der Waals surface area contributed by atoms with E-state index in [1.165, 1.54) is 11.8 Å². The van der Waals surface area contributed by atoms with Gasteiger partial charge in [0.1, 0.15) is 24.2 Å². The number of aliphatic carboxylic acids is 1. The summed E-state index contributed by atoms with van der Waals surface area (Å²) in [5.41, 5.74) is 12.7. The number of fused-ring (bicyclic) bond motifs is 1. The van der Waals surface area contributed by atoms with Crippen molar-refractivity contribution in [2.75, 3.05) is 25.2 Å². The molecule has 38 heavy (non-hydrogen) atoms. The number of unbranched alkanes of at least 4 members (excludes halogenated alkanes) is 1. The average molecular weight is 551 g/mol. The Morgan fingerprint density at radius 3 is 2.29 bits per heavy atom. The first kappa shape index (κ1) is 31.1. The van der Waals surface area contributed by atoms with Crippen LogP contribution in [0, 0.1) is 0 Å². The van der Waals surface area contributed by atoms with Gasteiger partial charge in [-0.1, -0.05) is 18.2 Å². The highest BCUT2D eigenvalue weighted by Crippen LogP contribution is 2.19. The van der Waals surface area contributed by atoms with Crippen molar-refractivity contribution in [1.29, 1.82) is 0 Å². The van der Waals surface area contributed by atoms with Gasteiger partial charge < -0.3 is 42.6 Å². The first-order valence-corrected chi connectivity index (χ1v) is 13.9. The third-order valence-corrected chi connectivity index (χ3v) is 6.71. The summed E-state index contributed by atoms with van der Waals surface area (Å²) in [6, 6.07) is 2.99. The van der Waals surface area contributed by atoms with Gasteiger partial charge in [-0.2, -0.15) is 11.8 Å². The number of hydrogen-bond acceptors (Lipinski definition) is 8. The van der Waals surface area contributed by atoms with Gasteiger partial charge in [0.25, 0.3) is 0 Å². The van der Waals surface area contributed by atoms with E-state index in [1.807, 2.05) is 30.5 Å². The third-order valence-electron chi connectivity index (χ3n) is 6.07. The van der Waals surface area contributed by atoms with Crippen LogP contribution in [0.2, 0.25) is 0 Å². The van der Waals surface area contributed by atoms with Crippen LogP contribution in [-0.2, 0) is 25.6 Å². The second kappa shape index (κ2) is 16.0. The molecule has 0 aliphatic carbocycles. The highest BCUT2D eigenvalue weighted by atomic mass is 32.2. The predicted octanol–water partition coefficient (Wildman–Crippen LogP) is -0.549. The summed E-state index contributed by atoms with van der Waals surface area (Å²) in [5, 5.41) is 27.4. The van der Waals surface area contributed by atoms with E-state index in [2.05, 4.69) is 20.9 Å². The molecule has 1 heterocycles. The number of benzene rings is 1. The van der Waals surface area contributed by atoms with Gasteiger partial charge in [0.05, 0.1) is 6.61 Å². The number of amides is 3. The van der Waals surface area contributed by atoms with Crippen LogP contribution in [0.4, 0.5) is 0 Å². The number of thioether (sulfide) groups is 1. The van der Waals surface area contributed by atoms with Crippen LogP contribution in [0.1, 0.15) is 31.2 Å². The number of carbonyl (C=O) groups excluding carboxylic acids is 3. The Kier molecular flexibility index (Phi) is 13.1. The zero-order valence-electron chi connectivity index (χ0n) is 21.4. The summed E-state index contributed by atoms with van der Waals surface area (Å²) in [5.74, 6) is -2.63. The number of aliphatic hydroxyl groups excluding tert-OH is 1. The number of aromatic amines is 1. The largest absolute Gasteiger partial charge is 0.480 e. The Balaban J connectivity index is 2.23. The molecule has 2 rings (SSSR count). The minimum atomic E-state index is -1.23. The van der Waals surface area contributed by atoms with Crippen LogP contribution in [0.5, 0.6) is 0 Å². The lowest BCUT2D eigenvalue weighted by atomic mass is 10.0. The number of carboxylic acid groups (broad SMARTS) is 1. The molecule has 0 saturated heterocycles. The minimum Gasteiger partial charge on any atom is -0.480 e. The van der Waals surface area contributed by atoms with Crippen molar-refractivity contribution in [3.05, 3.63) is 36.0 Å². The second-order valence-electron chi connectivity index (χ2n) is 8.94. The topological polar surface area (TPSA) is 213 Å². The zero-order valence-corrected chi connectivity index (χ0v) is 22.3. The first-order chi connectivity index (χ1) is 18.2. The quantitative estimate of drug-likeness (QED) is 0.119. The molecule has 210 valence electrons. The standard InChI is InChI=1S/C25H38N6O6S/c1-38-11-9-19(23(34)30-20(25(36)37)8-4-5-10-26)29-24(35)21(31-22(33)17(27)14-32)12-15-13-28-18-7-3-2-6-16(15)18/h2-3,6-7,13,17,19-21,28,32H,4-5,8-12,14,26-27H2,1H3,(H,29,35)(H,30,34)(H,31,33)(H,36,37). The van der Waals surface area contributed by atoms with Gasteiger partial charge in [-0.3, -0.25) is 14.4 Å². The van der Waals surface area contributed by atoms with Crippen LogP contribution in [0.25, 0.3) is 10.9 Å². The number of hydrogen-bond donors (Lipinski definition) is 8. The summed E-state index contributed by atoms with van der Waals surface area (Å²) in [7, 11) is 0. The van der Waals surface area contributed by atoms with Crippen LogP contribution in [-0.4, -0.2) is 88.2 Å². The molecule has 0 aliphatic rings. The molecular weight excluding hydrogens is 512 g/mol. The fraction of sp³-hybridized carbons (Fsp3) is 0.520. The number of H-pyrrole nitrogens is 1. The predicted molar refractivity (Wildman–Crippen MR) is 146 cm³/mol. The lowest BCUT2D eigenvalue weighted by molar-refractivity contribution is -0.142. The molecule has 4 unspecified atom stereocenters. The minimum absolute atomic E-state index is 0.0907. The maximum absolute atomic E-state index is 13.4. The summed E-state index contributed by atoms with van der Waals surface area (Å²) < 4.78 is 0. The van der Waals surface area contributed by atoms with Crippen molar-refractivity contribution in [3.63, 3.8) is 0 Å². The molecule has 10 N–H and O–H groups in total. The second-order valence-corrected chi connectivity index (χ2v) is 9.93. The van der Waals surface area contributed by atoms with Crippen molar-refractivity contribution >= 4 is 46.4 Å². The summed E-state index contributed by atoms with van der Waals surface area (Å²) >= 11 is 1.47. The Hall–Kier alpha value is -3.13. The molecule has 0 spiro atoms. The summed E-state index contributed by atoms with van der Waals surface area (Å²) in [4.78, 5) is 53.7. The lowest BCUT2D eigenvalue weighted by Crippen LogP contribution is -2.58. The normalized spacial score (nSPS) is 14.3. The molecule has 13 heteroatoms. The molecule has 12 nitrogen and oxygen atoms in total. The zero-order chi connectivity index (χ0) is 28.1. The van der Waals surface area contributed by atoms with Crippen molar-refractivity contribution in [1.82, 2.24) is 20.9 Å². The van der Waals surface area contributed by atoms with Crippen molar-refractivity contribution in [2.45, 2.75) is 56.3 Å². The van der Waals surface area contributed by atoms with Crippen LogP contribution >= 0.6 is 11.8 Å². The molecule has 0 saturated carbocycles. The van der Waals surface area contributed by atoms with E-state index < -0.39 is 54.5 Å². The number of nitrogens with two attached hydrogens (primary N) is 2. The molecule has 0 aliphatic heterocycles. The summed E-state index contributed by atoms with van der Waals surface area (Å²) in [6.07, 6.45) is 5.28. The average Bonchev–Trinajstić information content (AvgIpc) is 3.31. The van der Waals surface area contributed by atoms with Crippen molar-refractivity contribution < 1.29 is 29.4 Å². The van der Waals surface area contributed by atoms with Gasteiger partial charge >= 0.3 is 5.97 Å². The molecular formula is C25H38N6O6S. The third kappa shape index (κ3) is 9.31. The van der Waals surface area contributed by atoms with E-state index in [0.717, 1.165) is 16.5 Å². The molecule has 0 bridgehead atoms. The Bertz CT molecular complexity index is 1080. The smallest absolute Gasteiger partial charge is 0.326 e. The first-order valence-electron chi connectivity index (χ1n) is 12.5. The summed E-state index contributed by atoms with van der Waals surface area (Å²) in [6.45, 7) is -0.192.